The van der Waals surface area contributed by atoms with Crippen molar-refractivity contribution in [2.24, 2.45) is 5.92 Å². The number of carbonyl (C=O) groups is 2. The number of hydrogen-bond acceptors (Lipinski definition) is 4. The third kappa shape index (κ3) is 3.65. The van der Waals surface area contributed by atoms with Crippen LogP contribution >= 0.6 is 0 Å². The van der Waals surface area contributed by atoms with Gasteiger partial charge in [-0.25, -0.2) is 0 Å². The Hall–Kier alpha value is -3.08. The fourth-order valence-corrected chi connectivity index (χ4v) is 3.44. The molecule has 0 saturated heterocycles. The van der Waals surface area contributed by atoms with Crippen LogP contribution in [0.2, 0.25) is 0 Å². The van der Waals surface area contributed by atoms with Crippen molar-refractivity contribution in [2.75, 3.05) is 25.1 Å². The first-order chi connectivity index (χ1) is 13.5. The molecule has 0 unspecified atom stereocenters. The highest BCUT2D eigenvalue weighted by Gasteiger charge is 2.41. The molecule has 2 amide bonds. The van der Waals surface area contributed by atoms with Gasteiger partial charge in [-0.15, -0.1) is 0 Å². The summed E-state index contributed by atoms with van der Waals surface area (Å²) in [6, 6.07) is 17.0. The molecule has 0 saturated carbocycles. The molecule has 2 aromatic rings. The molecule has 0 radical (unpaired) electrons. The molecule has 0 N–H and O–H groups in total. The molecule has 1 aliphatic heterocycles. The van der Waals surface area contributed by atoms with E-state index in [1.165, 1.54) is 4.90 Å². The van der Waals surface area contributed by atoms with Crippen molar-refractivity contribution >= 4 is 23.1 Å². The summed E-state index contributed by atoms with van der Waals surface area (Å²) < 4.78 is 5.23. The van der Waals surface area contributed by atoms with Crippen molar-refractivity contribution in [1.29, 1.82) is 0 Å². The summed E-state index contributed by atoms with van der Waals surface area (Å²) in [5, 5.41) is 0. The van der Waals surface area contributed by atoms with Crippen molar-refractivity contribution < 1.29 is 14.3 Å². The van der Waals surface area contributed by atoms with E-state index in [0.717, 1.165) is 11.3 Å². The molecule has 5 nitrogen and oxygen atoms in total. The molecular weight excluding hydrogens is 352 g/mol. The number of para-hydroxylation sites is 1. The van der Waals surface area contributed by atoms with Crippen LogP contribution in [0.3, 0.4) is 0 Å². The van der Waals surface area contributed by atoms with E-state index < -0.39 is 0 Å². The summed E-state index contributed by atoms with van der Waals surface area (Å²) in [7, 11) is 1.60. The van der Waals surface area contributed by atoms with E-state index in [0.29, 0.717) is 30.1 Å². The molecule has 2 aromatic carbocycles. The van der Waals surface area contributed by atoms with E-state index in [2.05, 4.69) is 0 Å². The van der Waals surface area contributed by atoms with E-state index in [4.69, 9.17) is 4.74 Å². The summed E-state index contributed by atoms with van der Waals surface area (Å²) in [6.45, 7) is 6.95. The van der Waals surface area contributed by atoms with Crippen LogP contribution in [0.15, 0.2) is 60.3 Å². The van der Waals surface area contributed by atoms with Crippen LogP contribution in [0.4, 0.5) is 5.69 Å². The van der Waals surface area contributed by atoms with Gasteiger partial charge in [0.15, 0.2) is 0 Å². The smallest absolute Gasteiger partial charge is 0.278 e. The average Bonchev–Trinajstić information content (AvgIpc) is 2.94. The normalized spacial score (nSPS) is 14.2. The predicted octanol–water partition coefficient (Wildman–Crippen LogP) is 3.96. The molecule has 146 valence electrons. The third-order valence-electron chi connectivity index (χ3n) is 4.72. The van der Waals surface area contributed by atoms with Crippen LogP contribution in [0.5, 0.6) is 5.75 Å². The lowest BCUT2D eigenvalue weighted by molar-refractivity contribution is -0.137. The quantitative estimate of drug-likeness (QED) is 0.685. The van der Waals surface area contributed by atoms with Crippen molar-refractivity contribution in [3.63, 3.8) is 0 Å². The second kappa shape index (κ2) is 8.30. The molecule has 3 rings (SSSR count). The first-order valence-electron chi connectivity index (χ1n) is 9.55. The number of nitrogens with zero attached hydrogens (tertiary/aromatic N) is 2. The SMILES string of the molecule is CCN(C1=C(c2ccc(OC)cc2)C(=O)N(CC(C)C)C1=O)c1ccccc1. The zero-order valence-corrected chi connectivity index (χ0v) is 16.8. The fraction of sp³-hybridized carbons (Fsp3) is 0.304. The maximum atomic E-state index is 13.3. The first-order valence-corrected chi connectivity index (χ1v) is 9.55. The second-order valence-electron chi connectivity index (χ2n) is 7.15. The number of imide groups is 1. The lowest BCUT2D eigenvalue weighted by Crippen LogP contribution is -2.37. The maximum Gasteiger partial charge on any atom is 0.278 e. The zero-order valence-electron chi connectivity index (χ0n) is 16.8. The van der Waals surface area contributed by atoms with Gasteiger partial charge in [-0.1, -0.05) is 44.2 Å². The Bertz CT molecular complexity index is 886. The predicted molar refractivity (Wildman–Crippen MR) is 111 cm³/mol. The Balaban J connectivity index is 2.15. The van der Waals surface area contributed by atoms with Crippen LogP contribution in [-0.4, -0.2) is 36.9 Å². The second-order valence-corrected chi connectivity index (χ2v) is 7.15. The van der Waals surface area contributed by atoms with Gasteiger partial charge in [0.05, 0.1) is 12.7 Å². The Morgan fingerprint density at radius 3 is 2.14 bits per heavy atom. The molecule has 0 aliphatic carbocycles. The van der Waals surface area contributed by atoms with Gasteiger partial charge in [0, 0.05) is 18.8 Å². The minimum Gasteiger partial charge on any atom is -0.497 e. The summed E-state index contributed by atoms with van der Waals surface area (Å²) in [5.74, 6) is 0.414. The number of hydrogen-bond donors (Lipinski definition) is 0. The van der Waals surface area contributed by atoms with E-state index in [1.54, 1.807) is 7.11 Å². The Morgan fingerprint density at radius 2 is 1.61 bits per heavy atom. The van der Waals surface area contributed by atoms with E-state index >= 15 is 0 Å². The number of amides is 2. The molecule has 0 bridgehead atoms. The van der Waals surface area contributed by atoms with Crippen LogP contribution in [-0.2, 0) is 9.59 Å². The highest BCUT2D eigenvalue weighted by Crippen LogP contribution is 2.35. The lowest BCUT2D eigenvalue weighted by atomic mass is 10.0. The number of methoxy groups -OCH3 is 1. The molecule has 0 aromatic heterocycles. The number of carbonyl (C=O) groups excluding carboxylic acids is 2. The summed E-state index contributed by atoms with van der Waals surface area (Å²) in [4.78, 5) is 29.9. The molecule has 28 heavy (non-hydrogen) atoms. The van der Waals surface area contributed by atoms with Crippen LogP contribution < -0.4 is 9.64 Å². The van der Waals surface area contributed by atoms with Crippen molar-refractivity contribution in [3.05, 3.63) is 65.9 Å². The van der Waals surface area contributed by atoms with Gasteiger partial charge in [-0.05, 0) is 42.7 Å². The Morgan fingerprint density at radius 1 is 0.964 bits per heavy atom. The summed E-state index contributed by atoms with van der Waals surface area (Å²) >= 11 is 0. The molecule has 0 atom stereocenters. The third-order valence-corrected chi connectivity index (χ3v) is 4.72. The van der Waals surface area contributed by atoms with Gasteiger partial charge in [-0.2, -0.15) is 0 Å². The van der Waals surface area contributed by atoms with E-state index in [9.17, 15) is 9.59 Å². The molecule has 1 heterocycles. The lowest BCUT2D eigenvalue weighted by Gasteiger charge is -2.25. The van der Waals surface area contributed by atoms with Gasteiger partial charge in [0.2, 0.25) is 0 Å². The minimum atomic E-state index is -0.242. The summed E-state index contributed by atoms with van der Waals surface area (Å²) in [5.41, 5.74) is 2.48. The maximum absolute atomic E-state index is 13.3. The van der Waals surface area contributed by atoms with Crippen LogP contribution in [0, 0.1) is 5.92 Å². The highest BCUT2D eigenvalue weighted by atomic mass is 16.5. The Labute approximate surface area is 166 Å². The fourth-order valence-electron chi connectivity index (χ4n) is 3.44. The van der Waals surface area contributed by atoms with Crippen molar-refractivity contribution in [1.82, 2.24) is 4.90 Å². The standard InChI is InChI=1S/C23H26N2O3/c1-5-24(18-9-7-6-8-10-18)21-20(17-11-13-19(28-4)14-12-17)22(26)25(23(21)27)15-16(2)3/h6-14,16H,5,15H2,1-4H3. The highest BCUT2D eigenvalue weighted by molar-refractivity contribution is 6.36. The monoisotopic (exact) mass is 378 g/mol. The zero-order chi connectivity index (χ0) is 20.3. The van der Waals surface area contributed by atoms with Gasteiger partial charge < -0.3 is 9.64 Å². The van der Waals surface area contributed by atoms with Gasteiger partial charge in [-0.3, -0.25) is 14.5 Å². The molecule has 0 spiro atoms. The van der Waals surface area contributed by atoms with Crippen molar-refractivity contribution in [3.8, 4) is 5.75 Å². The number of ether oxygens (including phenoxy) is 1. The number of likely N-dealkylation sites (N-methyl/N-ethyl adjacent to an activating group) is 1. The van der Waals surface area contributed by atoms with Gasteiger partial charge >= 0.3 is 0 Å². The van der Waals surface area contributed by atoms with Crippen LogP contribution in [0.1, 0.15) is 26.3 Å². The first kappa shape index (κ1) is 19.7. The van der Waals surface area contributed by atoms with Crippen molar-refractivity contribution in [2.45, 2.75) is 20.8 Å². The average molecular weight is 378 g/mol. The molecule has 1 aliphatic rings. The topological polar surface area (TPSA) is 49.9 Å². The number of rotatable bonds is 7. The number of benzene rings is 2. The summed E-state index contributed by atoms with van der Waals surface area (Å²) in [6.07, 6.45) is 0. The van der Waals surface area contributed by atoms with E-state index in [1.807, 2.05) is 80.3 Å². The largest absolute Gasteiger partial charge is 0.497 e. The van der Waals surface area contributed by atoms with E-state index in [-0.39, 0.29) is 17.7 Å². The minimum absolute atomic E-state index is 0.191. The van der Waals surface area contributed by atoms with Crippen LogP contribution in [0.25, 0.3) is 5.57 Å². The Kier molecular flexibility index (Phi) is 5.83. The molecular formula is C23H26N2O3. The number of anilines is 1. The van der Waals surface area contributed by atoms with Gasteiger partial charge in [0.25, 0.3) is 11.8 Å². The van der Waals surface area contributed by atoms with Gasteiger partial charge in [0.1, 0.15) is 11.4 Å². The molecule has 5 heteroatoms. The molecule has 0 fully saturated rings.